The summed E-state index contributed by atoms with van der Waals surface area (Å²) in [4.78, 5) is 4.81. The number of fused-ring (bicyclic) bond motifs is 3. The molecule has 28 heavy (non-hydrogen) atoms. The summed E-state index contributed by atoms with van der Waals surface area (Å²) in [5, 5.41) is 1.39. The molecule has 0 unspecified atom stereocenters. The highest BCUT2D eigenvalue weighted by atomic mass is 32.2. The van der Waals surface area contributed by atoms with Crippen molar-refractivity contribution >= 4 is 54.4 Å². The van der Waals surface area contributed by atoms with E-state index in [2.05, 4.69) is 9.71 Å². The predicted octanol–water partition coefficient (Wildman–Crippen LogP) is 2.95. The Morgan fingerprint density at radius 2 is 1.79 bits per heavy atom. The first-order valence-electron chi connectivity index (χ1n) is 8.30. The van der Waals surface area contributed by atoms with E-state index in [1.807, 2.05) is 32.9 Å². The zero-order valence-electron chi connectivity index (χ0n) is 15.4. The minimum atomic E-state index is -4.45. The van der Waals surface area contributed by atoms with Crippen LogP contribution in [0, 0.1) is 0 Å². The normalized spacial score (nSPS) is 16.2. The summed E-state index contributed by atoms with van der Waals surface area (Å²) in [7, 11) is -8.56. The van der Waals surface area contributed by atoms with E-state index < -0.39 is 31.4 Å². The van der Waals surface area contributed by atoms with Crippen molar-refractivity contribution in [2.45, 2.75) is 36.0 Å². The zero-order chi connectivity index (χ0) is 20.9. The van der Waals surface area contributed by atoms with Gasteiger partial charge in [0.25, 0.3) is 20.2 Å². The van der Waals surface area contributed by atoms with Crippen LogP contribution in [0.3, 0.4) is 0 Å². The summed E-state index contributed by atoms with van der Waals surface area (Å²) in [6.07, 6.45) is 0. The molecule has 1 aliphatic heterocycles. The van der Waals surface area contributed by atoms with Gasteiger partial charge in [0.2, 0.25) is 0 Å². The second-order valence-corrected chi connectivity index (χ2v) is 11.0. The van der Waals surface area contributed by atoms with Gasteiger partial charge < -0.3 is 0 Å². The van der Waals surface area contributed by atoms with Crippen LogP contribution < -0.4 is 4.72 Å². The maximum absolute atomic E-state index is 11.8. The molecule has 0 radical (unpaired) electrons. The monoisotopic (exact) mass is 444 g/mol. The van der Waals surface area contributed by atoms with Gasteiger partial charge in [-0.2, -0.15) is 16.8 Å². The number of hydrogen-bond acceptors (Lipinski definition) is 7. The van der Waals surface area contributed by atoms with Crippen molar-refractivity contribution in [2.24, 2.45) is 4.99 Å². The number of aliphatic imine (C=N–C) groups is 1. The minimum absolute atomic E-state index is 0.0419. The van der Waals surface area contributed by atoms with Crippen molar-refractivity contribution in [2.75, 3.05) is 12.3 Å². The Morgan fingerprint density at radius 1 is 1.11 bits per heavy atom. The standard InChI is InChI=1S/C17H20N2O6S3/c1-10-17(2,3)16-13-8-11(28(23,24)25)9-15(12(13)4-5-14(16)19-10)26-18-6-7-27(20,21)22/h4-5,8-9,18H,6-7H2,1-3H3,(H,20,21,22)(H,23,24,25). The average Bonchev–Trinajstić information content (AvgIpc) is 2.79. The molecule has 0 amide bonds. The van der Waals surface area contributed by atoms with Gasteiger partial charge in [-0.05, 0) is 53.4 Å². The molecule has 0 atom stereocenters. The van der Waals surface area contributed by atoms with E-state index >= 15 is 0 Å². The van der Waals surface area contributed by atoms with Crippen molar-refractivity contribution in [3.05, 3.63) is 29.8 Å². The summed E-state index contributed by atoms with van der Waals surface area (Å²) < 4.78 is 66.5. The lowest BCUT2D eigenvalue weighted by atomic mass is 9.80. The van der Waals surface area contributed by atoms with Crippen LogP contribution in [-0.2, 0) is 25.7 Å². The molecule has 0 spiro atoms. The number of hydrogen-bond donors (Lipinski definition) is 3. The van der Waals surface area contributed by atoms with Gasteiger partial charge in [0.1, 0.15) is 0 Å². The van der Waals surface area contributed by atoms with E-state index in [4.69, 9.17) is 4.55 Å². The summed E-state index contributed by atoms with van der Waals surface area (Å²) in [5.74, 6) is -0.481. The molecule has 0 saturated carbocycles. The van der Waals surface area contributed by atoms with Gasteiger partial charge in [0, 0.05) is 22.6 Å². The average molecular weight is 445 g/mol. The molecule has 1 heterocycles. The highest BCUT2D eigenvalue weighted by Gasteiger charge is 2.34. The molecule has 0 aliphatic carbocycles. The Labute approximate surface area is 168 Å². The first kappa shape index (κ1) is 21.2. The highest BCUT2D eigenvalue weighted by molar-refractivity contribution is 7.97. The third kappa shape index (κ3) is 4.09. The third-order valence-electron chi connectivity index (χ3n) is 4.81. The van der Waals surface area contributed by atoms with Gasteiger partial charge in [-0.25, -0.2) is 0 Å². The second-order valence-electron chi connectivity index (χ2n) is 7.06. The molecule has 0 saturated heterocycles. The van der Waals surface area contributed by atoms with Crippen molar-refractivity contribution in [1.82, 2.24) is 4.72 Å². The van der Waals surface area contributed by atoms with Crippen molar-refractivity contribution in [3.63, 3.8) is 0 Å². The molecular formula is C17H20N2O6S3. The van der Waals surface area contributed by atoms with E-state index in [1.54, 1.807) is 0 Å². The fourth-order valence-corrected chi connectivity index (χ4v) is 5.08. The Bertz CT molecular complexity index is 1200. The molecule has 2 aromatic rings. The lowest BCUT2D eigenvalue weighted by Gasteiger charge is -2.23. The molecule has 152 valence electrons. The molecule has 1 aliphatic rings. The first-order valence-corrected chi connectivity index (χ1v) is 12.2. The molecule has 2 aromatic carbocycles. The highest BCUT2D eigenvalue weighted by Crippen LogP contribution is 2.46. The summed E-state index contributed by atoms with van der Waals surface area (Å²) in [5.41, 5.74) is 2.10. The number of nitrogens with one attached hydrogen (secondary N) is 1. The van der Waals surface area contributed by atoms with Crippen LogP contribution in [0.25, 0.3) is 10.8 Å². The van der Waals surface area contributed by atoms with Crippen LogP contribution in [0.1, 0.15) is 26.3 Å². The van der Waals surface area contributed by atoms with E-state index in [0.717, 1.165) is 34.3 Å². The van der Waals surface area contributed by atoms with Crippen LogP contribution in [0.15, 0.2) is 39.0 Å². The number of benzene rings is 2. The molecule has 0 aromatic heterocycles. The molecule has 0 fully saturated rings. The zero-order valence-corrected chi connectivity index (χ0v) is 17.9. The number of rotatable bonds is 6. The van der Waals surface area contributed by atoms with Gasteiger partial charge in [-0.15, -0.1) is 0 Å². The summed E-state index contributed by atoms with van der Waals surface area (Å²) >= 11 is 1.03. The fraction of sp³-hybridized carbons (Fsp3) is 0.353. The van der Waals surface area contributed by atoms with Gasteiger partial charge in [-0.1, -0.05) is 19.9 Å². The van der Waals surface area contributed by atoms with Gasteiger partial charge >= 0.3 is 0 Å². The molecule has 3 rings (SSSR count). The second kappa shape index (κ2) is 7.08. The topological polar surface area (TPSA) is 133 Å². The van der Waals surface area contributed by atoms with Gasteiger partial charge in [-0.3, -0.25) is 18.8 Å². The van der Waals surface area contributed by atoms with E-state index in [-0.39, 0.29) is 11.4 Å². The molecule has 0 bridgehead atoms. The Morgan fingerprint density at radius 3 is 2.39 bits per heavy atom. The lowest BCUT2D eigenvalue weighted by molar-refractivity contribution is 0.481. The lowest BCUT2D eigenvalue weighted by Crippen LogP contribution is -2.23. The smallest absolute Gasteiger partial charge is 0.286 e. The maximum Gasteiger partial charge on any atom is 0.294 e. The minimum Gasteiger partial charge on any atom is -0.286 e. The van der Waals surface area contributed by atoms with Crippen LogP contribution in [0.2, 0.25) is 0 Å². The summed E-state index contributed by atoms with van der Waals surface area (Å²) in [6.45, 7) is 5.85. The van der Waals surface area contributed by atoms with Gasteiger partial charge in [0.15, 0.2) is 0 Å². The quantitative estimate of drug-likeness (QED) is 0.352. The Hall–Kier alpha value is -1.50. The summed E-state index contributed by atoms with van der Waals surface area (Å²) in [6, 6.07) is 6.42. The van der Waals surface area contributed by atoms with Gasteiger partial charge in [0.05, 0.1) is 16.3 Å². The molecular weight excluding hydrogens is 424 g/mol. The van der Waals surface area contributed by atoms with E-state index in [9.17, 15) is 21.4 Å². The van der Waals surface area contributed by atoms with Crippen LogP contribution in [0.5, 0.6) is 0 Å². The van der Waals surface area contributed by atoms with E-state index in [0.29, 0.717) is 10.3 Å². The molecule has 3 N–H and O–H groups in total. The SMILES string of the molecule is CC1=Nc2ccc3c(SNCCS(=O)(=O)O)cc(S(=O)(=O)O)cc3c2C1(C)C. The Balaban J connectivity index is 2.13. The van der Waals surface area contributed by atoms with Crippen molar-refractivity contribution < 1.29 is 25.9 Å². The van der Waals surface area contributed by atoms with Crippen LogP contribution >= 0.6 is 11.9 Å². The first-order chi connectivity index (χ1) is 12.8. The van der Waals surface area contributed by atoms with Crippen molar-refractivity contribution in [1.29, 1.82) is 0 Å². The largest absolute Gasteiger partial charge is 0.294 e. The maximum atomic E-state index is 11.8. The Kier molecular flexibility index (Phi) is 5.36. The van der Waals surface area contributed by atoms with Crippen LogP contribution in [0.4, 0.5) is 5.69 Å². The van der Waals surface area contributed by atoms with Crippen LogP contribution in [-0.4, -0.2) is 44.0 Å². The van der Waals surface area contributed by atoms with E-state index in [1.165, 1.54) is 12.1 Å². The third-order valence-corrected chi connectivity index (χ3v) is 7.27. The number of nitrogens with zero attached hydrogens (tertiary/aromatic N) is 1. The molecule has 8 nitrogen and oxygen atoms in total. The fourth-order valence-electron chi connectivity index (χ4n) is 3.15. The van der Waals surface area contributed by atoms with Crippen molar-refractivity contribution in [3.8, 4) is 0 Å². The molecule has 11 heteroatoms. The predicted molar refractivity (Wildman–Crippen MR) is 110 cm³/mol.